The standard InChI is InChI=1S/C14H14ClN5O/c15-11-4-3-9-12(19-11)13-10(7-17-9)18-14(21)20(13)8-2-1-5-16-6-8/h3-4,7-8,16H,1-2,5-6H2,(H,18,21). The summed E-state index contributed by atoms with van der Waals surface area (Å²) in [6.45, 7) is 1.79. The molecule has 21 heavy (non-hydrogen) atoms. The van der Waals surface area contributed by atoms with Gasteiger partial charge in [0.25, 0.3) is 0 Å². The second-order valence-corrected chi connectivity index (χ2v) is 5.71. The number of hydrogen-bond donors (Lipinski definition) is 2. The molecule has 6 nitrogen and oxygen atoms in total. The van der Waals surface area contributed by atoms with Crippen molar-refractivity contribution in [2.45, 2.75) is 18.9 Å². The number of pyridine rings is 2. The highest BCUT2D eigenvalue weighted by Crippen LogP contribution is 2.26. The van der Waals surface area contributed by atoms with Crippen LogP contribution in [0, 0.1) is 0 Å². The monoisotopic (exact) mass is 303 g/mol. The predicted octanol–water partition coefficient (Wildman–Crippen LogP) is 1.85. The topological polar surface area (TPSA) is 75.6 Å². The lowest BCUT2D eigenvalue weighted by molar-refractivity contribution is 0.372. The lowest BCUT2D eigenvalue weighted by atomic mass is 10.1. The van der Waals surface area contributed by atoms with Crippen molar-refractivity contribution in [1.29, 1.82) is 0 Å². The molecule has 1 atom stereocenters. The van der Waals surface area contributed by atoms with Crippen LogP contribution < -0.4 is 11.0 Å². The number of hydrogen-bond acceptors (Lipinski definition) is 4. The van der Waals surface area contributed by atoms with Crippen molar-refractivity contribution in [3.63, 3.8) is 0 Å². The number of nitrogens with one attached hydrogen (secondary N) is 2. The summed E-state index contributed by atoms with van der Waals surface area (Å²) in [5.41, 5.74) is 2.79. The SMILES string of the molecule is O=c1[nH]c2cnc3ccc(Cl)nc3c2n1C1CCCNC1. The van der Waals surface area contributed by atoms with Gasteiger partial charge in [-0.15, -0.1) is 0 Å². The summed E-state index contributed by atoms with van der Waals surface area (Å²) in [5, 5.41) is 3.74. The lowest BCUT2D eigenvalue weighted by Gasteiger charge is -2.24. The smallest absolute Gasteiger partial charge is 0.315 e. The first-order valence-corrected chi connectivity index (χ1v) is 7.38. The van der Waals surface area contributed by atoms with Crippen molar-refractivity contribution in [2.75, 3.05) is 13.1 Å². The molecule has 0 amide bonds. The van der Waals surface area contributed by atoms with Gasteiger partial charge < -0.3 is 10.3 Å². The van der Waals surface area contributed by atoms with Crippen LogP contribution >= 0.6 is 11.6 Å². The normalized spacial score (nSPS) is 19.4. The molecule has 3 aromatic heterocycles. The van der Waals surface area contributed by atoms with Gasteiger partial charge in [-0.25, -0.2) is 9.78 Å². The van der Waals surface area contributed by atoms with E-state index in [-0.39, 0.29) is 11.7 Å². The number of H-pyrrole nitrogens is 1. The molecular formula is C14H14ClN5O. The van der Waals surface area contributed by atoms with Gasteiger partial charge >= 0.3 is 5.69 Å². The zero-order valence-corrected chi connectivity index (χ0v) is 12.0. The molecule has 0 aromatic carbocycles. The van der Waals surface area contributed by atoms with Crippen LogP contribution in [-0.4, -0.2) is 32.6 Å². The van der Waals surface area contributed by atoms with Crippen molar-refractivity contribution in [2.24, 2.45) is 0 Å². The van der Waals surface area contributed by atoms with Gasteiger partial charge in [-0.05, 0) is 31.5 Å². The van der Waals surface area contributed by atoms with Crippen LogP contribution in [0.4, 0.5) is 0 Å². The van der Waals surface area contributed by atoms with Gasteiger partial charge in [-0.3, -0.25) is 9.55 Å². The molecule has 1 aliphatic heterocycles. The Morgan fingerprint density at radius 2 is 2.29 bits per heavy atom. The molecule has 1 unspecified atom stereocenters. The highest BCUT2D eigenvalue weighted by atomic mass is 35.5. The zero-order chi connectivity index (χ0) is 14.4. The van der Waals surface area contributed by atoms with Crippen LogP contribution in [0.2, 0.25) is 5.15 Å². The number of rotatable bonds is 1. The first-order valence-electron chi connectivity index (χ1n) is 7.00. The number of aromatic amines is 1. The molecular weight excluding hydrogens is 290 g/mol. The molecule has 0 aliphatic carbocycles. The maximum absolute atomic E-state index is 12.4. The van der Waals surface area contributed by atoms with Gasteiger partial charge in [0, 0.05) is 6.54 Å². The van der Waals surface area contributed by atoms with Gasteiger partial charge in [0.2, 0.25) is 0 Å². The molecule has 0 radical (unpaired) electrons. The average Bonchev–Trinajstić information content (AvgIpc) is 2.84. The summed E-state index contributed by atoms with van der Waals surface area (Å²) in [6, 6.07) is 3.66. The number of imidazole rings is 1. The van der Waals surface area contributed by atoms with Crippen LogP contribution in [0.25, 0.3) is 22.1 Å². The van der Waals surface area contributed by atoms with Crippen molar-refractivity contribution in [3.05, 3.63) is 34.0 Å². The molecule has 0 saturated carbocycles. The molecule has 1 fully saturated rings. The summed E-state index contributed by atoms with van der Waals surface area (Å²) in [5.74, 6) is 0. The Kier molecular flexibility index (Phi) is 2.94. The number of piperidine rings is 1. The van der Waals surface area contributed by atoms with E-state index in [0.29, 0.717) is 16.2 Å². The van der Waals surface area contributed by atoms with E-state index in [1.54, 1.807) is 16.8 Å². The van der Waals surface area contributed by atoms with E-state index in [0.717, 1.165) is 37.0 Å². The van der Waals surface area contributed by atoms with Gasteiger partial charge in [0.15, 0.2) is 0 Å². The fourth-order valence-corrected chi connectivity index (χ4v) is 3.19. The zero-order valence-electron chi connectivity index (χ0n) is 11.3. The maximum atomic E-state index is 12.4. The minimum atomic E-state index is -0.116. The first kappa shape index (κ1) is 12.8. The molecule has 2 N–H and O–H groups in total. The van der Waals surface area contributed by atoms with E-state index < -0.39 is 0 Å². The van der Waals surface area contributed by atoms with E-state index in [2.05, 4.69) is 20.3 Å². The summed E-state index contributed by atoms with van der Waals surface area (Å²) >= 11 is 6.02. The van der Waals surface area contributed by atoms with Gasteiger partial charge in [0.1, 0.15) is 10.7 Å². The summed E-state index contributed by atoms with van der Waals surface area (Å²) < 4.78 is 1.80. The van der Waals surface area contributed by atoms with E-state index >= 15 is 0 Å². The molecule has 4 heterocycles. The Morgan fingerprint density at radius 1 is 1.38 bits per heavy atom. The summed E-state index contributed by atoms with van der Waals surface area (Å²) in [7, 11) is 0. The van der Waals surface area contributed by atoms with Crippen LogP contribution in [0.3, 0.4) is 0 Å². The molecule has 3 aromatic rings. The van der Waals surface area contributed by atoms with Crippen LogP contribution in [0.5, 0.6) is 0 Å². The molecule has 7 heteroatoms. The quantitative estimate of drug-likeness (QED) is 0.673. The lowest BCUT2D eigenvalue weighted by Crippen LogP contribution is -2.35. The third kappa shape index (κ3) is 2.02. The number of fused-ring (bicyclic) bond motifs is 3. The van der Waals surface area contributed by atoms with Gasteiger partial charge in [-0.2, -0.15) is 0 Å². The number of aromatic nitrogens is 4. The Morgan fingerprint density at radius 3 is 3.10 bits per heavy atom. The fraction of sp³-hybridized carbons (Fsp3) is 0.357. The number of halogens is 1. The summed E-state index contributed by atoms with van der Waals surface area (Å²) in [6.07, 6.45) is 3.71. The van der Waals surface area contributed by atoms with E-state index in [4.69, 9.17) is 11.6 Å². The Labute approximate surface area is 125 Å². The van der Waals surface area contributed by atoms with Crippen LogP contribution in [-0.2, 0) is 0 Å². The maximum Gasteiger partial charge on any atom is 0.326 e. The molecule has 1 saturated heterocycles. The van der Waals surface area contributed by atoms with Crippen molar-refractivity contribution in [3.8, 4) is 0 Å². The van der Waals surface area contributed by atoms with Crippen molar-refractivity contribution >= 4 is 33.7 Å². The van der Waals surface area contributed by atoms with Gasteiger partial charge in [-0.1, -0.05) is 11.6 Å². The summed E-state index contributed by atoms with van der Waals surface area (Å²) in [4.78, 5) is 23.9. The predicted molar refractivity (Wildman–Crippen MR) is 81.8 cm³/mol. The molecule has 0 spiro atoms. The molecule has 0 bridgehead atoms. The minimum Gasteiger partial charge on any atom is -0.315 e. The highest BCUT2D eigenvalue weighted by molar-refractivity contribution is 6.30. The fourth-order valence-electron chi connectivity index (χ4n) is 3.04. The third-order valence-electron chi connectivity index (χ3n) is 3.99. The molecule has 108 valence electrons. The first-order chi connectivity index (χ1) is 10.2. The van der Waals surface area contributed by atoms with E-state index in [1.807, 2.05) is 6.07 Å². The van der Waals surface area contributed by atoms with Crippen molar-refractivity contribution in [1.82, 2.24) is 24.8 Å². The Bertz CT molecular complexity index is 878. The second kappa shape index (κ2) is 4.82. The third-order valence-corrected chi connectivity index (χ3v) is 4.20. The highest BCUT2D eigenvalue weighted by Gasteiger charge is 2.21. The molecule has 1 aliphatic rings. The Hall–Kier alpha value is -1.92. The van der Waals surface area contributed by atoms with Crippen LogP contribution in [0.15, 0.2) is 23.1 Å². The molecule has 4 rings (SSSR count). The largest absolute Gasteiger partial charge is 0.326 e. The average molecular weight is 304 g/mol. The van der Waals surface area contributed by atoms with E-state index in [9.17, 15) is 4.79 Å². The second-order valence-electron chi connectivity index (χ2n) is 5.32. The Balaban J connectivity index is 2.06. The van der Waals surface area contributed by atoms with Crippen molar-refractivity contribution < 1.29 is 0 Å². The van der Waals surface area contributed by atoms with Gasteiger partial charge in [0.05, 0.1) is 28.8 Å². The van der Waals surface area contributed by atoms with Crippen LogP contribution in [0.1, 0.15) is 18.9 Å². The minimum absolute atomic E-state index is 0.116. The number of nitrogens with zero attached hydrogens (tertiary/aromatic N) is 3. The van der Waals surface area contributed by atoms with E-state index in [1.165, 1.54) is 0 Å².